The van der Waals surface area contributed by atoms with Crippen LogP contribution < -0.4 is 0 Å². The van der Waals surface area contributed by atoms with E-state index in [9.17, 15) is 8.42 Å². The van der Waals surface area contributed by atoms with E-state index in [2.05, 4.69) is 0 Å². The molecule has 0 bridgehead atoms. The van der Waals surface area contributed by atoms with Crippen molar-refractivity contribution in [2.45, 2.75) is 24.5 Å². The fourth-order valence-electron chi connectivity index (χ4n) is 2.47. The summed E-state index contributed by atoms with van der Waals surface area (Å²) >= 11 is 5.73. The van der Waals surface area contributed by atoms with Gasteiger partial charge in [-0.2, -0.15) is 0 Å². The van der Waals surface area contributed by atoms with Crippen LogP contribution in [0.15, 0.2) is 24.3 Å². The van der Waals surface area contributed by atoms with Gasteiger partial charge >= 0.3 is 0 Å². The average Bonchev–Trinajstić information content (AvgIpc) is 2.48. The molecule has 0 saturated carbocycles. The Bertz CT molecular complexity index is 539. The molecule has 1 saturated heterocycles. The van der Waals surface area contributed by atoms with Gasteiger partial charge in [0.2, 0.25) is 10.0 Å². The van der Waals surface area contributed by atoms with Crippen molar-refractivity contribution in [1.82, 2.24) is 4.31 Å². The van der Waals surface area contributed by atoms with Crippen LogP contribution in [-0.2, 0) is 26.4 Å². The summed E-state index contributed by atoms with van der Waals surface area (Å²) in [5.74, 6) is 0.769. The van der Waals surface area contributed by atoms with Crippen molar-refractivity contribution >= 4 is 21.6 Å². The predicted molar refractivity (Wildman–Crippen MR) is 84.8 cm³/mol. The van der Waals surface area contributed by atoms with Gasteiger partial charge in [-0.05, 0) is 29.9 Å². The maximum Gasteiger partial charge on any atom is 0.218 e. The summed E-state index contributed by atoms with van der Waals surface area (Å²) in [4.78, 5) is 0. The Labute approximate surface area is 132 Å². The van der Waals surface area contributed by atoms with Gasteiger partial charge in [0, 0.05) is 26.1 Å². The zero-order chi connectivity index (χ0) is 15.3. The van der Waals surface area contributed by atoms with Crippen molar-refractivity contribution in [3.8, 4) is 0 Å². The Kier molecular flexibility index (Phi) is 6.05. The minimum Gasteiger partial charge on any atom is -0.381 e. The first-order valence-electron chi connectivity index (χ1n) is 7.17. The molecule has 2 rings (SSSR count). The molecule has 6 heteroatoms. The van der Waals surface area contributed by atoms with Crippen molar-refractivity contribution in [2.24, 2.45) is 5.92 Å². The van der Waals surface area contributed by atoms with E-state index in [-0.39, 0.29) is 5.75 Å². The Hall–Kier alpha value is -0.620. The van der Waals surface area contributed by atoms with Crippen LogP contribution in [0, 0.1) is 5.92 Å². The third kappa shape index (κ3) is 4.95. The largest absolute Gasteiger partial charge is 0.381 e. The van der Waals surface area contributed by atoms with Crippen molar-refractivity contribution in [1.29, 1.82) is 0 Å². The Morgan fingerprint density at radius 2 is 1.95 bits per heavy atom. The summed E-state index contributed by atoms with van der Waals surface area (Å²) < 4.78 is 31.6. The smallest absolute Gasteiger partial charge is 0.218 e. The molecule has 1 atom stereocenters. The molecular formula is C15H22ClNO3S. The molecule has 0 N–H and O–H groups in total. The van der Waals surface area contributed by atoms with E-state index in [1.54, 1.807) is 7.05 Å². The lowest BCUT2D eigenvalue weighted by atomic mass is 10.0. The van der Waals surface area contributed by atoms with Crippen molar-refractivity contribution in [3.05, 3.63) is 35.4 Å². The minimum absolute atomic E-state index is 0.0274. The van der Waals surface area contributed by atoms with Crippen LogP contribution >= 0.6 is 11.6 Å². The van der Waals surface area contributed by atoms with E-state index in [1.165, 1.54) is 4.31 Å². The molecule has 1 heterocycles. The second kappa shape index (κ2) is 7.58. The number of rotatable bonds is 6. The predicted octanol–water partition coefficient (Wildman–Crippen LogP) is 2.61. The number of sulfonamides is 1. The van der Waals surface area contributed by atoms with Gasteiger partial charge in [0.1, 0.15) is 0 Å². The highest BCUT2D eigenvalue weighted by atomic mass is 35.5. The molecule has 1 unspecified atom stereocenters. The van der Waals surface area contributed by atoms with Crippen molar-refractivity contribution in [2.75, 3.05) is 26.8 Å². The highest BCUT2D eigenvalue weighted by Crippen LogP contribution is 2.18. The molecule has 1 aliphatic heterocycles. The Morgan fingerprint density at radius 3 is 2.52 bits per heavy atom. The fourth-order valence-corrected chi connectivity index (χ4v) is 3.92. The van der Waals surface area contributed by atoms with Crippen LogP contribution in [0.2, 0.25) is 0 Å². The first-order valence-corrected chi connectivity index (χ1v) is 9.31. The molecule has 21 heavy (non-hydrogen) atoms. The molecule has 1 aromatic rings. The van der Waals surface area contributed by atoms with Crippen LogP contribution in [0.25, 0.3) is 0 Å². The van der Waals surface area contributed by atoms with Crippen molar-refractivity contribution < 1.29 is 13.2 Å². The number of hydrogen-bond acceptors (Lipinski definition) is 3. The van der Waals surface area contributed by atoms with E-state index in [0.29, 0.717) is 24.9 Å². The second-order valence-electron chi connectivity index (χ2n) is 5.57. The van der Waals surface area contributed by atoms with Crippen molar-refractivity contribution in [3.63, 3.8) is 0 Å². The molecule has 0 aliphatic carbocycles. The van der Waals surface area contributed by atoms with E-state index in [1.807, 2.05) is 24.3 Å². The lowest BCUT2D eigenvalue weighted by Crippen LogP contribution is -2.35. The van der Waals surface area contributed by atoms with E-state index >= 15 is 0 Å². The molecule has 1 fully saturated rings. The van der Waals surface area contributed by atoms with Crippen LogP contribution in [0.4, 0.5) is 0 Å². The summed E-state index contributed by atoms with van der Waals surface area (Å²) in [5.41, 5.74) is 1.78. The van der Waals surface area contributed by atoms with Crippen LogP contribution in [-0.4, -0.2) is 39.5 Å². The summed E-state index contributed by atoms with van der Waals surface area (Å²) in [6.45, 7) is 1.98. The highest BCUT2D eigenvalue weighted by molar-refractivity contribution is 7.88. The fraction of sp³-hybridized carbons (Fsp3) is 0.600. The van der Waals surface area contributed by atoms with Gasteiger partial charge in [0.05, 0.1) is 12.4 Å². The molecule has 0 radical (unpaired) electrons. The summed E-state index contributed by atoms with van der Waals surface area (Å²) in [5, 5.41) is 0. The van der Waals surface area contributed by atoms with Gasteiger partial charge in [-0.15, -0.1) is 11.6 Å². The molecular weight excluding hydrogens is 310 g/mol. The van der Waals surface area contributed by atoms with Gasteiger partial charge in [-0.1, -0.05) is 24.3 Å². The lowest BCUT2D eigenvalue weighted by molar-refractivity contribution is 0.0495. The maximum atomic E-state index is 12.4. The monoisotopic (exact) mass is 331 g/mol. The molecule has 118 valence electrons. The number of ether oxygens (including phenoxy) is 1. The number of benzene rings is 1. The molecule has 1 aliphatic rings. The number of alkyl halides is 1. The quantitative estimate of drug-likeness (QED) is 0.753. The van der Waals surface area contributed by atoms with Gasteiger partial charge in [0.15, 0.2) is 0 Å². The van der Waals surface area contributed by atoms with E-state index in [4.69, 9.17) is 16.3 Å². The van der Waals surface area contributed by atoms with E-state index in [0.717, 1.165) is 30.6 Å². The third-order valence-electron chi connectivity index (χ3n) is 3.77. The topological polar surface area (TPSA) is 46.6 Å². The molecule has 0 aromatic heterocycles. The van der Waals surface area contributed by atoms with E-state index < -0.39 is 10.0 Å². The van der Waals surface area contributed by atoms with Gasteiger partial charge in [-0.3, -0.25) is 0 Å². The summed E-state index contributed by atoms with van der Waals surface area (Å²) in [6, 6.07) is 7.39. The molecule has 0 spiro atoms. The number of nitrogens with zero attached hydrogens (tertiary/aromatic N) is 1. The molecule has 1 aromatic carbocycles. The molecule has 0 amide bonds. The minimum atomic E-state index is -3.29. The normalized spacial score (nSPS) is 19.9. The number of halogens is 1. The Morgan fingerprint density at radius 1 is 1.29 bits per heavy atom. The zero-order valence-corrected chi connectivity index (χ0v) is 13.9. The summed E-state index contributed by atoms with van der Waals surface area (Å²) in [7, 11) is -1.64. The van der Waals surface area contributed by atoms with Crippen LogP contribution in [0.1, 0.15) is 24.0 Å². The SMILES string of the molecule is CN(CC1CCCOC1)S(=O)(=O)Cc1ccc(CCl)cc1. The van der Waals surface area contributed by atoms with Crippen LogP contribution in [0.3, 0.4) is 0 Å². The first kappa shape index (κ1) is 16.7. The molecule has 4 nitrogen and oxygen atoms in total. The first-order chi connectivity index (χ1) is 10.0. The second-order valence-corrected chi connectivity index (χ2v) is 7.91. The van der Waals surface area contributed by atoms with Crippen LogP contribution in [0.5, 0.6) is 0 Å². The standard InChI is InChI=1S/C15H22ClNO3S/c1-17(10-15-3-2-8-20-11-15)21(18,19)12-14-6-4-13(9-16)5-7-14/h4-7,15H,2-3,8-12H2,1H3. The zero-order valence-electron chi connectivity index (χ0n) is 12.3. The highest BCUT2D eigenvalue weighted by Gasteiger charge is 2.23. The van der Waals surface area contributed by atoms with Gasteiger partial charge in [-0.25, -0.2) is 12.7 Å². The maximum absolute atomic E-state index is 12.4. The number of hydrogen-bond donors (Lipinski definition) is 0. The third-order valence-corrected chi connectivity index (χ3v) is 5.88. The lowest BCUT2D eigenvalue weighted by Gasteiger charge is -2.26. The Balaban J connectivity index is 1.95. The summed E-state index contributed by atoms with van der Waals surface area (Å²) in [6.07, 6.45) is 2.04. The average molecular weight is 332 g/mol. The van der Waals surface area contributed by atoms with Gasteiger partial charge < -0.3 is 4.74 Å². The van der Waals surface area contributed by atoms with Gasteiger partial charge in [0.25, 0.3) is 0 Å².